The van der Waals surface area contributed by atoms with Gasteiger partial charge < -0.3 is 0 Å². The van der Waals surface area contributed by atoms with E-state index in [-0.39, 0.29) is 18.9 Å². The number of nitrogens with zero attached hydrogens (tertiary/aromatic N) is 1. The molecule has 0 bridgehead atoms. The van der Waals surface area contributed by atoms with Crippen molar-refractivity contribution in [1.82, 2.24) is 10.3 Å². The van der Waals surface area contributed by atoms with Crippen molar-refractivity contribution in [3.63, 3.8) is 0 Å². The van der Waals surface area contributed by atoms with Crippen LogP contribution in [-0.2, 0) is 4.79 Å². The molecule has 6 heteroatoms. The summed E-state index contributed by atoms with van der Waals surface area (Å²) in [6.07, 6.45) is 2.35. The van der Waals surface area contributed by atoms with E-state index in [1.807, 2.05) is 5.43 Å². The number of likely N-dealkylation sites (tertiary alicyclic amines) is 1. The van der Waals surface area contributed by atoms with Crippen molar-refractivity contribution in [2.45, 2.75) is 38.0 Å². The van der Waals surface area contributed by atoms with E-state index in [2.05, 4.69) is 0 Å². The highest BCUT2D eigenvalue weighted by Gasteiger charge is 2.34. The molecule has 0 radical (unpaired) electrons. The van der Waals surface area contributed by atoms with Gasteiger partial charge in [0.25, 0.3) is 5.92 Å². The third-order valence-electron chi connectivity index (χ3n) is 2.76. The molecule has 1 fully saturated rings. The van der Waals surface area contributed by atoms with Crippen molar-refractivity contribution in [1.29, 1.82) is 0 Å². The molecule has 0 aliphatic carbocycles. The summed E-state index contributed by atoms with van der Waals surface area (Å²) in [5.41, 5.74) is 2.04. The Balaban J connectivity index is 2.11. The summed E-state index contributed by atoms with van der Waals surface area (Å²) >= 11 is 0. The normalized spacial score (nSPS) is 20.7. The van der Waals surface area contributed by atoms with E-state index in [9.17, 15) is 13.6 Å². The van der Waals surface area contributed by atoms with Crippen molar-refractivity contribution in [3.8, 4) is 0 Å². The van der Waals surface area contributed by atoms with Crippen LogP contribution in [0.1, 0.15) is 32.1 Å². The molecule has 94 valence electrons. The van der Waals surface area contributed by atoms with Crippen molar-refractivity contribution in [2.24, 2.45) is 5.84 Å². The van der Waals surface area contributed by atoms with Gasteiger partial charge in [-0.3, -0.25) is 15.1 Å². The standard InChI is InChI=1S/C10H19F2N3O/c11-10(12)5-3-7-15(8-10)6-2-1-4-9(16)14-13/h1-8,13H2,(H,14,16). The summed E-state index contributed by atoms with van der Waals surface area (Å²) < 4.78 is 26.0. The maximum atomic E-state index is 13.0. The Hall–Kier alpha value is -0.750. The lowest BCUT2D eigenvalue weighted by atomic mass is 10.1. The van der Waals surface area contributed by atoms with E-state index in [4.69, 9.17) is 5.84 Å². The number of amides is 1. The van der Waals surface area contributed by atoms with Gasteiger partial charge in [0.05, 0.1) is 6.54 Å². The summed E-state index contributed by atoms with van der Waals surface area (Å²) in [7, 11) is 0. The molecule has 16 heavy (non-hydrogen) atoms. The van der Waals surface area contributed by atoms with Gasteiger partial charge in [0, 0.05) is 12.8 Å². The van der Waals surface area contributed by atoms with Crippen LogP contribution in [0.5, 0.6) is 0 Å². The maximum absolute atomic E-state index is 13.0. The minimum absolute atomic E-state index is 0.000913. The first kappa shape index (κ1) is 13.3. The van der Waals surface area contributed by atoms with Gasteiger partial charge in [0.1, 0.15) is 0 Å². The topological polar surface area (TPSA) is 58.4 Å². The number of piperidine rings is 1. The lowest BCUT2D eigenvalue weighted by Crippen LogP contribution is -2.42. The molecule has 1 amide bonds. The maximum Gasteiger partial charge on any atom is 0.260 e. The Bertz CT molecular complexity index is 236. The molecule has 0 atom stereocenters. The van der Waals surface area contributed by atoms with Gasteiger partial charge in [0.15, 0.2) is 0 Å². The Kier molecular flexibility index (Phi) is 5.08. The monoisotopic (exact) mass is 235 g/mol. The number of hydrazine groups is 1. The van der Waals surface area contributed by atoms with E-state index in [1.165, 1.54) is 0 Å². The summed E-state index contributed by atoms with van der Waals surface area (Å²) in [6.45, 7) is 1.22. The number of rotatable bonds is 5. The number of hydrogen-bond donors (Lipinski definition) is 2. The van der Waals surface area contributed by atoms with Crippen molar-refractivity contribution < 1.29 is 13.6 Å². The van der Waals surface area contributed by atoms with Crippen LogP contribution < -0.4 is 11.3 Å². The molecule has 0 aromatic heterocycles. The zero-order valence-electron chi connectivity index (χ0n) is 9.35. The number of nitrogens with one attached hydrogen (secondary N) is 1. The average molecular weight is 235 g/mol. The fraction of sp³-hybridized carbons (Fsp3) is 0.900. The molecule has 1 saturated heterocycles. The average Bonchev–Trinajstić information content (AvgIpc) is 2.22. The molecule has 0 aromatic rings. The van der Waals surface area contributed by atoms with Gasteiger partial charge in [-0.05, 0) is 32.4 Å². The van der Waals surface area contributed by atoms with Crippen LogP contribution in [0.25, 0.3) is 0 Å². The molecule has 3 N–H and O–H groups in total. The van der Waals surface area contributed by atoms with E-state index in [1.54, 1.807) is 4.90 Å². The number of halogens is 2. The molecular formula is C10H19F2N3O. The molecule has 4 nitrogen and oxygen atoms in total. The zero-order valence-corrected chi connectivity index (χ0v) is 9.35. The molecular weight excluding hydrogens is 216 g/mol. The highest BCUT2D eigenvalue weighted by Crippen LogP contribution is 2.26. The molecule has 1 aliphatic heterocycles. The van der Waals surface area contributed by atoms with Crippen LogP contribution >= 0.6 is 0 Å². The fourth-order valence-electron chi connectivity index (χ4n) is 1.93. The Morgan fingerprint density at radius 1 is 1.44 bits per heavy atom. The number of hydrogen-bond acceptors (Lipinski definition) is 3. The quantitative estimate of drug-likeness (QED) is 0.322. The molecule has 0 spiro atoms. The second-order valence-electron chi connectivity index (χ2n) is 4.26. The lowest BCUT2D eigenvalue weighted by molar-refractivity contribution is -0.121. The number of carbonyl (C=O) groups is 1. The minimum Gasteiger partial charge on any atom is -0.297 e. The first-order valence-electron chi connectivity index (χ1n) is 5.63. The SMILES string of the molecule is NNC(=O)CCCCN1CCCC(F)(F)C1. The second kappa shape index (κ2) is 6.10. The van der Waals surface area contributed by atoms with Crippen LogP contribution in [0.3, 0.4) is 0 Å². The highest BCUT2D eigenvalue weighted by atomic mass is 19.3. The lowest BCUT2D eigenvalue weighted by Gasteiger charge is -2.32. The van der Waals surface area contributed by atoms with Crippen molar-refractivity contribution in [2.75, 3.05) is 19.6 Å². The predicted octanol–water partition coefficient (Wildman–Crippen LogP) is 0.878. The van der Waals surface area contributed by atoms with Gasteiger partial charge in [-0.25, -0.2) is 14.6 Å². The van der Waals surface area contributed by atoms with E-state index in [0.717, 1.165) is 13.0 Å². The Morgan fingerprint density at radius 3 is 2.81 bits per heavy atom. The molecule has 1 rings (SSSR count). The minimum atomic E-state index is -2.53. The fourth-order valence-corrected chi connectivity index (χ4v) is 1.93. The summed E-state index contributed by atoms with van der Waals surface area (Å²) in [4.78, 5) is 12.6. The highest BCUT2D eigenvalue weighted by molar-refractivity contribution is 5.75. The second-order valence-corrected chi connectivity index (χ2v) is 4.26. The first-order valence-corrected chi connectivity index (χ1v) is 5.63. The molecule has 0 saturated carbocycles. The first-order chi connectivity index (χ1) is 7.53. The van der Waals surface area contributed by atoms with Gasteiger partial charge in [-0.15, -0.1) is 0 Å². The molecule has 1 aliphatic rings. The largest absolute Gasteiger partial charge is 0.297 e. The number of carbonyl (C=O) groups excluding carboxylic acids is 1. The van der Waals surface area contributed by atoms with Gasteiger partial charge >= 0.3 is 0 Å². The summed E-state index contributed by atoms with van der Waals surface area (Å²) in [5, 5.41) is 0. The van der Waals surface area contributed by atoms with Crippen LogP contribution in [0.4, 0.5) is 8.78 Å². The van der Waals surface area contributed by atoms with Crippen LogP contribution in [-0.4, -0.2) is 36.4 Å². The van der Waals surface area contributed by atoms with Gasteiger partial charge in [0.2, 0.25) is 5.91 Å². The third-order valence-corrected chi connectivity index (χ3v) is 2.76. The zero-order chi connectivity index (χ0) is 12.0. The van der Waals surface area contributed by atoms with Crippen LogP contribution in [0, 0.1) is 0 Å². The van der Waals surface area contributed by atoms with E-state index >= 15 is 0 Å². The summed E-state index contributed by atoms with van der Waals surface area (Å²) in [5.74, 6) is 2.18. The van der Waals surface area contributed by atoms with Crippen molar-refractivity contribution >= 4 is 5.91 Å². The van der Waals surface area contributed by atoms with E-state index < -0.39 is 5.92 Å². The van der Waals surface area contributed by atoms with Gasteiger partial charge in [-0.1, -0.05) is 0 Å². The molecule has 0 aromatic carbocycles. The van der Waals surface area contributed by atoms with Crippen LogP contribution in [0.15, 0.2) is 0 Å². The Morgan fingerprint density at radius 2 is 2.19 bits per heavy atom. The Labute approximate surface area is 94.1 Å². The van der Waals surface area contributed by atoms with Gasteiger partial charge in [-0.2, -0.15) is 0 Å². The summed E-state index contributed by atoms with van der Waals surface area (Å²) in [6, 6.07) is 0. The number of nitrogens with two attached hydrogens (primary N) is 1. The predicted molar refractivity (Wildman–Crippen MR) is 56.8 cm³/mol. The number of unbranched alkanes of at least 4 members (excludes halogenated alkanes) is 1. The van der Waals surface area contributed by atoms with Crippen molar-refractivity contribution in [3.05, 3.63) is 0 Å². The molecule has 0 unspecified atom stereocenters. The van der Waals surface area contributed by atoms with Crippen LogP contribution in [0.2, 0.25) is 0 Å². The third kappa shape index (κ3) is 4.85. The van der Waals surface area contributed by atoms with E-state index in [0.29, 0.717) is 25.8 Å². The number of alkyl halides is 2. The smallest absolute Gasteiger partial charge is 0.260 e. The molecule has 1 heterocycles.